The van der Waals surface area contributed by atoms with Gasteiger partial charge in [-0.2, -0.15) is 0 Å². The van der Waals surface area contributed by atoms with E-state index in [4.69, 9.17) is 4.74 Å². The fourth-order valence-electron chi connectivity index (χ4n) is 1.50. The molecule has 2 rings (SSSR count). The third kappa shape index (κ3) is 2.79. The van der Waals surface area contributed by atoms with Crippen molar-refractivity contribution in [1.82, 2.24) is 9.55 Å². The molecule has 96 valence electrons. The number of carbonyl (C=O) groups excluding carboxylic acids is 1. The molecule has 0 fully saturated rings. The smallest absolute Gasteiger partial charge is 0.419 e. The first-order valence-corrected chi connectivity index (χ1v) is 6.58. The van der Waals surface area contributed by atoms with Gasteiger partial charge in [-0.1, -0.05) is 0 Å². The molecule has 5 heteroatoms. The second kappa shape index (κ2) is 4.57. The van der Waals surface area contributed by atoms with Crippen molar-refractivity contribution in [1.29, 1.82) is 0 Å². The number of aryl methyl sites for hydroxylation is 1. The number of aromatic nitrogens is 2. The number of hydrogen-bond donors (Lipinski definition) is 0. The Hall–Kier alpha value is -1.62. The molecular formula is C13H16N2O2S. The Bertz CT molecular complexity index is 564. The molecule has 0 N–H and O–H groups in total. The Morgan fingerprint density at radius 3 is 2.72 bits per heavy atom. The lowest BCUT2D eigenvalue weighted by atomic mass is 10.2. The summed E-state index contributed by atoms with van der Waals surface area (Å²) in [7, 11) is 0. The molecule has 2 heterocycles. The normalized spacial score (nSPS) is 11.6. The van der Waals surface area contributed by atoms with E-state index in [-0.39, 0.29) is 6.09 Å². The Kier molecular flexibility index (Phi) is 3.26. The zero-order valence-electron chi connectivity index (χ0n) is 10.9. The van der Waals surface area contributed by atoms with Gasteiger partial charge in [0.2, 0.25) is 0 Å². The van der Waals surface area contributed by atoms with E-state index in [9.17, 15) is 4.79 Å². The molecule has 2 aromatic heterocycles. The maximum absolute atomic E-state index is 12.0. The van der Waals surface area contributed by atoms with Crippen molar-refractivity contribution < 1.29 is 9.53 Å². The summed E-state index contributed by atoms with van der Waals surface area (Å²) in [4.78, 5) is 16.4. The molecule has 0 amide bonds. The fraction of sp³-hybridized carbons (Fsp3) is 0.385. The lowest BCUT2D eigenvalue weighted by molar-refractivity contribution is 0.0540. The van der Waals surface area contributed by atoms with Crippen molar-refractivity contribution in [3.63, 3.8) is 0 Å². The molecule has 0 radical (unpaired) electrons. The minimum absolute atomic E-state index is 0.379. The van der Waals surface area contributed by atoms with Gasteiger partial charge in [-0.3, -0.25) is 4.57 Å². The van der Waals surface area contributed by atoms with Crippen LogP contribution in [0.5, 0.6) is 0 Å². The molecule has 4 nitrogen and oxygen atoms in total. The van der Waals surface area contributed by atoms with E-state index in [1.807, 2.05) is 45.2 Å². The molecule has 0 unspecified atom stereocenters. The first kappa shape index (κ1) is 12.8. The predicted molar refractivity (Wildman–Crippen MR) is 71.9 cm³/mol. The molecule has 18 heavy (non-hydrogen) atoms. The molecular weight excluding hydrogens is 248 g/mol. The predicted octanol–water partition coefficient (Wildman–Crippen LogP) is 3.70. The third-order valence-corrected chi connectivity index (χ3v) is 3.16. The van der Waals surface area contributed by atoms with Gasteiger partial charge in [-0.05, 0) is 39.8 Å². The molecule has 0 atom stereocenters. The summed E-state index contributed by atoms with van der Waals surface area (Å²) in [6.45, 7) is 7.48. The third-order valence-electron chi connectivity index (χ3n) is 2.18. The van der Waals surface area contributed by atoms with Crippen LogP contribution in [0.15, 0.2) is 23.7 Å². The quantitative estimate of drug-likeness (QED) is 0.788. The summed E-state index contributed by atoms with van der Waals surface area (Å²) >= 11 is 1.52. The van der Waals surface area contributed by atoms with Crippen LogP contribution in [-0.4, -0.2) is 21.2 Å². The van der Waals surface area contributed by atoms with Gasteiger partial charge in [-0.25, -0.2) is 9.78 Å². The highest BCUT2D eigenvalue weighted by atomic mass is 32.1. The molecule has 2 aromatic rings. The van der Waals surface area contributed by atoms with Crippen molar-refractivity contribution in [3.8, 4) is 10.7 Å². The van der Waals surface area contributed by atoms with E-state index in [1.165, 1.54) is 15.9 Å². The van der Waals surface area contributed by atoms with Gasteiger partial charge < -0.3 is 4.74 Å². The molecule has 0 spiro atoms. The van der Waals surface area contributed by atoms with Crippen molar-refractivity contribution in [2.75, 3.05) is 0 Å². The van der Waals surface area contributed by atoms with Crippen LogP contribution in [0, 0.1) is 6.92 Å². The first-order chi connectivity index (χ1) is 8.37. The Morgan fingerprint density at radius 1 is 1.44 bits per heavy atom. The van der Waals surface area contributed by atoms with Crippen molar-refractivity contribution in [3.05, 3.63) is 29.4 Å². The molecule has 0 saturated heterocycles. The lowest BCUT2D eigenvalue weighted by Crippen LogP contribution is -2.27. The van der Waals surface area contributed by atoms with Crippen LogP contribution in [-0.2, 0) is 4.74 Å². The Balaban J connectivity index is 2.31. The summed E-state index contributed by atoms with van der Waals surface area (Å²) in [6.07, 6.45) is 1.32. The highest BCUT2D eigenvalue weighted by molar-refractivity contribution is 7.13. The van der Waals surface area contributed by atoms with E-state index in [1.54, 1.807) is 6.20 Å². The van der Waals surface area contributed by atoms with Crippen LogP contribution in [0.1, 0.15) is 26.5 Å². The number of carbonyl (C=O) groups is 1. The summed E-state index contributed by atoms with van der Waals surface area (Å²) in [6, 6.07) is 3.68. The molecule has 0 saturated carbocycles. The number of thiazole rings is 1. The topological polar surface area (TPSA) is 44.1 Å². The van der Waals surface area contributed by atoms with Crippen molar-refractivity contribution in [2.45, 2.75) is 33.3 Å². The number of hydrogen-bond acceptors (Lipinski definition) is 4. The van der Waals surface area contributed by atoms with Crippen LogP contribution in [0.25, 0.3) is 10.7 Å². The van der Waals surface area contributed by atoms with Gasteiger partial charge in [0.1, 0.15) is 10.6 Å². The van der Waals surface area contributed by atoms with E-state index in [2.05, 4.69) is 4.98 Å². The SMILES string of the molecule is Cc1csc(-c2cccn2C(=O)OC(C)(C)C)n1. The monoisotopic (exact) mass is 264 g/mol. The van der Waals surface area contributed by atoms with E-state index in [0.29, 0.717) is 0 Å². The lowest BCUT2D eigenvalue weighted by Gasteiger charge is -2.20. The number of nitrogens with zero attached hydrogens (tertiary/aromatic N) is 2. The summed E-state index contributed by atoms with van der Waals surface area (Å²) in [5, 5.41) is 2.78. The molecule has 0 aromatic carbocycles. The van der Waals surface area contributed by atoms with Gasteiger partial charge in [-0.15, -0.1) is 11.3 Å². The Labute approximate surface area is 110 Å². The average molecular weight is 264 g/mol. The molecule has 0 aliphatic carbocycles. The van der Waals surface area contributed by atoms with Gasteiger partial charge in [0.05, 0.1) is 5.69 Å². The second-order valence-corrected chi connectivity index (χ2v) is 5.90. The Morgan fingerprint density at radius 2 is 2.17 bits per heavy atom. The maximum Gasteiger partial charge on any atom is 0.419 e. The van der Waals surface area contributed by atoms with E-state index in [0.717, 1.165) is 16.4 Å². The van der Waals surface area contributed by atoms with Crippen LogP contribution >= 0.6 is 11.3 Å². The summed E-state index contributed by atoms with van der Waals surface area (Å²) in [5.74, 6) is 0. The summed E-state index contributed by atoms with van der Waals surface area (Å²) < 4.78 is 6.84. The van der Waals surface area contributed by atoms with E-state index >= 15 is 0 Å². The van der Waals surface area contributed by atoms with Gasteiger partial charge in [0, 0.05) is 17.3 Å². The standard InChI is InChI=1S/C13H16N2O2S/c1-9-8-18-11(14-9)10-6-5-7-15(10)12(16)17-13(2,3)4/h5-8H,1-4H3. The number of rotatable bonds is 1. The largest absolute Gasteiger partial charge is 0.443 e. The molecule has 0 aliphatic rings. The molecule has 0 bridgehead atoms. The minimum Gasteiger partial charge on any atom is -0.443 e. The molecule has 0 aliphatic heterocycles. The van der Waals surface area contributed by atoms with Crippen molar-refractivity contribution >= 4 is 17.4 Å². The summed E-state index contributed by atoms with van der Waals surface area (Å²) in [5.41, 5.74) is 1.21. The minimum atomic E-state index is -0.503. The van der Waals surface area contributed by atoms with Crippen LogP contribution in [0.2, 0.25) is 0 Å². The van der Waals surface area contributed by atoms with E-state index < -0.39 is 5.60 Å². The second-order valence-electron chi connectivity index (χ2n) is 5.04. The zero-order valence-corrected chi connectivity index (χ0v) is 11.7. The average Bonchev–Trinajstić information content (AvgIpc) is 2.81. The highest BCUT2D eigenvalue weighted by Gasteiger charge is 2.20. The van der Waals surface area contributed by atoms with Gasteiger partial charge in [0.15, 0.2) is 0 Å². The van der Waals surface area contributed by atoms with Crippen molar-refractivity contribution in [2.24, 2.45) is 0 Å². The first-order valence-electron chi connectivity index (χ1n) is 5.70. The maximum atomic E-state index is 12.0. The van der Waals surface area contributed by atoms with Crippen LogP contribution < -0.4 is 0 Å². The zero-order chi connectivity index (χ0) is 13.3. The van der Waals surface area contributed by atoms with Gasteiger partial charge in [0.25, 0.3) is 0 Å². The fourth-order valence-corrected chi connectivity index (χ4v) is 2.32. The number of ether oxygens (including phenoxy) is 1. The van der Waals surface area contributed by atoms with Gasteiger partial charge >= 0.3 is 6.09 Å². The van der Waals surface area contributed by atoms with Crippen LogP contribution in [0.3, 0.4) is 0 Å². The highest BCUT2D eigenvalue weighted by Crippen LogP contribution is 2.24. The van der Waals surface area contributed by atoms with Crippen LogP contribution in [0.4, 0.5) is 4.79 Å².